The van der Waals surface area contributed by atoms with Crippen molar-refractivity contribution in [3.8, 4) is 0 Å². The van der Waals surface area contributed by atoms with Crippen LogP contribution in [0.1, 0.15) is 11.1 Å². The fourth-order valence-corrected chi connectivity index (χ4v) is 5.24. The summed E-state index contributed by atoms with van der Waals surface area (Å²) in [7, 11) is 3.25. The zero-order valence-corrected chi connectivity index (χ0v) is 13.6. The van der Waals surface area contributed by atoms with E-state index >= 15 is 0 Å². The molecule has 0 saturated heterocycles. The number of rotatable bonds is 2. The third-order valence-electron chi connectivity index (χ3n) is 3.05. The van der Waals surface area contributed by atoms with Crippen molar-refractivity contribution in [3.05, 3.63) is 46.8 Å². The summed E-state index contributed by atoms with van der Waals surface area (Å²) >= 11 is 1.67. The number of fused-ring (bicyclic) bond motifs is 2. The summed E-state index contributed by atoms with van der Waals surface area (Å²) in [6, 6.07) is 10.3. The minimum atomic E-state index is -0.522. The highest BCUT2D eigenvalue weighted by Crippen LogP contribution is 2.34. The number of benzene rings is 1. The van der Waals surface area contributed by atoms with Crippen LogP contribution in [0.3, 0.4) is 0 Å². The first kappa shape index (κ1) is 14.4. The van der Waals surface area contributed by atoms with Crippen LogP contribution in [0.15, 0.2) is 49.2 Å². The van der Waals surface area contributed by atoms with Gasteiger partial charge in [-0.15, -0.1) is 11.3 Å². The van der Waals surface area contributed by atoms with Crippen molar-refractivity contribution >= 4 is 40.1 Å². The molecule has 1 aliphatic rings. The van der Waals surface area contributed by atoms with Gasteiger partial charge in [0.15, 0.2) is 0 Å². The van der Waals surface area contributed by atoms with E-state index in [0.29, 0.717) is 6.54 Å². The van der Waals surface area contributed by atoms with E-state index in [4.69, 9.17) is 0 Å². The van der Waals surface area contributed by atoms with Crippen molar-refractivity contribution in [3.63, 3.8) is 0 Å². The average Bonchev–Trinajstić information content (AvgIpc) is 2.85. The molecule has 0 aliphatic carbocycles. The van der Waals surface area contributed by atoms with Gasteiger partial charge in [0.05, 0.1) is 10.8 Å². The van der Waals surface area contributed by atoms with Gasteiger partial charge >= 0.3 is 0 Å². The molecule has 1 aromatic heterocycles. The first-order chi connectivity index (χ1) is 10.1. The van der Waals surface area contributed by atoms with Crippen molar-refractivity contribution in [1.82, 2.24) is 4.90 Å². The number of carbonyl (C=O) groups excluding carboxylic acids is 1. The van der Waals surface area contributed by atoms with Crippen LogP contribution in [0.5, 0.6) is 0 Å². The number of likely N-dealkylation sites (N-methyl/N-ethyl adjacent to an activating group) is 1. The lowest BCUT2D eigenvalue weighted by Gasteiger charge is -2.10. The Morgan fingerprint density at radius 1 is 1.19 bits per heavy atom. The van der Waals surface area contributed by atoms with Gasteiger partial charge in [0.1, 0.15) is 0 Å². The van der Waals surface area contributed by atoms with Crippen molar-refractivity contribution in [2.24, 2.45) is 4.36 Å². The average molecular weight is 316 g/mol. The van der Waals surface area contributed by atoms with Gasteiger partial charge in [0.25, 0.3) is 5.91 Å². The van der Waals surface area contributed by atoms with E-state index in [1.807, 2.05) is 31.1 Å². The van der Waals surface area contributed by atoms with Gasteiger partial charge in [-0.1, -0.05) is 30.4 Å². The van der Waals surface area contributed by atoms with Gasteiger partial charge in [-0.25, -0.2) is 0 Å². The molecule has 0 bridgehead atoms. The van der Waals surface area contributed by atoms with Crippen molar-refractivity contribution in [2.45, 2.75) is 9.10 Å². The largest absolute Gasteiger partial charge is 0.301 e. The molecule has 108 valence electrons. The van der Waals surface area contributed by atoms with E-state index in [2.05, 4.69) is 40.1 Å². The topological polar surface area (TPSA) is 32.7 Å². The zero-order chi connectivity index (χ0) is 14.8. The van der Waals surface area contributed by atoms with Gasteiger partial charge in [-0.3, -0.25) is 4.79 Å². The Kier molecular flexibility index (Phi) is 4.14. The van der Waals surface area contributed by atoms with Gasteiger partial charge in [0, 0.05) is 10.5 Å². The summed E-state index contributed by atoms with van der Waals surface area (Å²) in [4.78, 5) is 15.1. The summed E-state index contributed by atoms with van der Waals surface area (Å²) < 4.78 is 5.68. The SMILES string of the molecule is CN(C)CC(=O)/N=S1/c2ccccc2C=Cc2ccsc21. The summed E-state index contributed by atoms with van der Waals surface area (Å²) in [5.41, 5.74) is 2.31. The first-order valence-corrected chi connectivity index (χ1v) is 8.69. The molecule has 2 heterocycles. The van der Waals surface area contributed by atoms with Crippen LogP contribution in [-0.2, 0) is 15.5 Å². The third-order valence-corrected chi connectivity index (χ3v) is 6.29. The number of amides is 1. The Hall–Kier alpha value is -1.56. The van der Waals surface area contributed by atoms with Crippen molar-refractivity contribution in [2.75, 3.05) is 20.6 Å². The third kappa shape index (κ3) is 3.05. The number of nitrogens with zero attached hydrogens (tertiary/aromatic N) is 2. The second-order valence-electron chi connectivity index (χ2n) is 5.04. The minimum Gasteiger partial charge on any atom is -0.301 e. The summed E-state index contributed by atoms with van der Waals surface area (Å²) in [6.45, 7) is 0.347. The molecule has 1 atom stereocenters. The molecule has 0 spiro atoms. The van der Waals surface area contributed by atoms with Crippen LogP contribution in [0, 0.1) is 0 Å². The Balaban J connectivity index is 2.13. The zero-order valence-electron chi connectivity index (χ0n) is 11.9. The molecule has 1 amide bonds. The Labute approximate surface area is 131 Å². The fraction of sp³-hybridized carbons (Fsp3) is 0.188. The summed E-state index contributed by atoms with van der Waals surface area (Å²) in [6.07, 6.45) is 4.23. The second kappa shape index (κ2) is 6.05. The van der Waals surface area contributed by atoms with E-state index in [0.717, 1.165) is 10.5 Å². The predicted molar refractivity (Wildman–Crippen MR) is 89.6 cm³/mol. The maximum atomic E-state index is 12.2. The molecule has 3 nitrogen and oxygen atoms in total. The van der Waals surface area contributed by atoms with Crippen LogP contribution in [-0.4, -0.2) is 31.4 Å². The maximum absolute atomic E-state index is 12.2. The highest BCUT2D eigenvalue weighted by atomic mass is 32.2. The number of carbonyl (C=O) groups is 1. The van der Waals surface area contributed by atoms with E-state index in [9.17, 15) is 4.79 Å². The molecule has 0 fully saturated rings. The first-order valence-electron chi connectivity index (χ1n) is 6.63. The molecule has 2 aromatic rings. The lowest BCUT2D eigenvalue weighted by Crippen LogP contribution is -2.20. The van der Waals surface area contributed by atoms with Crippen LogP contribution in [0.2, 0.25) is 0 Å². The molecule has 21 heavy (non-hydrogen) atoms. The van der Waals surface area contributed by atoms with Crippen LogP contribution in [0.25, 0.3) is 12.2 Å². The highest BCUT2D eigenvalue weighted by molar-refractivity contribution is 7.90. The van der Waals surface area contributed by atoms with Gasteiger partial charge in [-0.05, 0) is 47.9 Å². The van der Waals surface area contributed by atoms with Gasteiger partial charge < -0.3 is 4.90 Å². The quantitative estimate of drug-likeness (QED) is 0.724. The molecule has 1 aliphatic heterocycles. The number of hydrogen-bond donors (Lipinski definition) is 0. The summed E-state index contributed by atoms with van der Waals surface area (Å²) in [5.74, 6) is -0.0700. The molecule has 5 heteroatoms. The van der Waals surface area contributed by atoms with E-state index < -0.39 is 10.7 Å². The minimum absolute atomic E-state index is 0.0700. The second-order valence-corrected chi connectivity index (χ2v) is 7.82. The molecule has 0 N–H and O–H groups in total. The van der Waals surface area contributed by atoms with E-state index in [1.54, 1.807) is 11.3 Å². The van der Waals surface area contributed by atoms with Gasteiger partial charge in [0.2, 0.25) is 0 Å². The molecular weight excluding hydrogens is 300 g/mol. The predicted octanol–water partition coefficient (Wildman–Crippen LogP) is 3.54. The summed E-state index contributed by atoms with van der Waals surface area (Å²) in [5, 5.41) is 2.06. The van der Waals surface area contributed by atoms with Crippen LogP contribution >= 0.6 is 11.3 Å². The Bertz CT molecular complexity index is 744. The van der Waals surface area contributed by atoms with Crippen LogP contribution in [0.4, 0.5) is 0 Å². The lowest BCUT2D eigenvalue weighted by molar-refractivity contribution is -0.118. The number of thiophene rings is 1. The molecule has 0 saturated carbocycles. The molecule has 1 unspecified atom stereocenters. The Morgan fingerprint density at radius 3 is 2.76 bits per heavy atom. The molecular formula is C16H16N2OS2. The van der Waals surface area contributed by atoms with E-state index in [-0.39, 0.29) is 5.91 Å². The van der Waals surface area contributed by atoms with E-state index in [1.165, 1.54) is 9.77 Å². The molecule has 3 rings (SSSR count). The van der Waals surface area contributed by atoms with Crippen molar-refractivity contribution < 1.29 is 4.79 Å². The van der Waals surface area contributed by atoms with Crippen LogP contribution < -0.4 is 0 Å². The monoisotopic (exact) mass is 316 g/mol. The fourth-order valence-electron chi connectivity index (χ4n) is 2.15. The molecule has 0 radical (unpaired) electrons. The Morgan fingerprint density at radius 2 is 1.95 bits per heavy atom. The standard InChI is InChI=1S/C16H16N2OS2/c1-18(2)11-15(19)17-21-14-6-4-3-5-12(14)7-8-13-9-10-20-16(13)21/h3-10H,11H2,1-2H3. The maximum Gasteiger partial charge on any atom is 0.266 e. The lowest BCUT2D eigenvalue weighted by atomic mass is 10.2. The normalized spacial score (nSPS) is 16.6. The smallest absolute Gasteiger partial charge is 0.266 e. The number of hydrogen-bond acceptors (Lipinski definition) is 3. The highest BCUT2D eigenvalue weighted by Gasteiger charge is 2.17. The molecule has 1 aromatic carbocycles. The van der Waals surface area contributed by atoms with Crippen molar-refractivity contribution in [1.29, 1.82) is 0 Å². The van der Waals surface area contributed by atoms with Gasteiger partial charge in [-0.2, -0.15) is 4.36 Å².